The van der Waals surface area contributed by atoms with Crippen LogP contribution in [0.3, 0.4) is 0 Å². The minimum atomic E-state index is -4.75. The largest absolute Gasteiger partial charge is 0.472 e. The first kappa shape index (κ1) is 73.2. The van der Waals surface area contributed by atoms with Crippen LogP contribution in [-0.2, 0) is 42.2 Å². The van der Waals surface area contributed by atoms with Crippen LogP contribution in [0.2, 0.25) is 0 Å². The van der Waals surface area contributed by atoms with E-state index < -0.39 is 57.8 Å². The minimum Gasteiger partial charge on any atom is -0.462 e. The number of ether oxygens (including phenoxy) is 3. The standard InChI is InChI=1S/C64H115O11P/c1-4-7-10-13-16-19-22-24-26-28-30-32-34-36-39-41-44-47-50-53-62(66)71-57-61(75-64(68)55-52-49-46-43-40-37-35-33-31-29-27-25-23-20-17-14-11-8-5-2)59-73-76(69,70)72-58-60(56-65)74-63(67)54-51-48-45-42-38-21-18-15-12-9-6-3/h7,10,15-16,18-19,24,26,30,32,60-61,65H,4-6,8-9,11-14,17,20-23,25,27-29,31,33-59H2,1-3H3,(H,69,70)/b10-7-,18-15-,19-16-,26-24-,32-30-. The van der Waals surface area contributed by atoms with Crippen molar-refractivity contribution in [2.45, 2.75) is 303 Å². The smallest absolute Gasteiger partial charge is 0.462 e. The Morgan fingerprint density at radius 2 is 0.697 bits per heavy atom. The Kier molecular flexibility index (Phi) is 56.2. The van der Waals surface area contributed by atoms with Gasteiger partial charge >= 0.3 is 25.7 Å². The zero-order valence-corrected chi connectivity index (χ0v) is 49.9. The van der Waals surface area contributed by atoms with Gasteiger partial charge in [0, 0.05) is 19.3 Å². The van der Waals surface area contributed by atoms with E-state index in [4.69, 9.17) is 23.3 Å². The molecule has 3 atom stereocenters. The summed E-state index contributed by atoms with van der Waals surface area (Å²) in [5, 5.41) is 9.81. The average molecular weight is 1090 g/mol. The lowest BCUT2D eigenvalue weighted by Gasteiger charge is -2.21. The molecular formula is C64H115O11P. The van der Waals surface area contributed by atoms with Crippen LogP contribution < -0.4 is 0 Å². The van der Waals surface area contributed by atoms with Crippen LogP contribution in [0.25, 0.3) is 0 Å². The number of carbonyl (C=O) groups excluding carboxylic acids is 3. The van der Waals surface area contributed by atoms with E-state index in [0.29, 0.717) is 19.3 Å². The van der Waals surface area contributed by atoms with Gasteiger partial charge in [-0.3, -0.25) is 23.4 Å². The predicted molar refractivity (Wildman–Crippen MR) is 316 cm³/mol. The fraction of sp³-hybridized carbons (Fsp3) is 0.797. The van der Waals surface area contributed by atoms with Crippen molar-refractivity contribution in [3.8, 4) is 0 Å². The lowest BCUT2D eigenvalue weighted by Crippen LogP contribution is -2.30. The van der Waals surface area contributed by atoms with E-state index in [1.54, 1.807) is 0 Å². The van der Waals surface area contributed by atoms with E-state index in [2.05, 4.69) is 81.5 Å². The molecule has 0 bridgehead atoms. The second-order valence-electron chi connectivity index (χ2n) is 20.8. The monoisotopic (exact) mass is 1090 g/mol. The Morgan fingerprint density at radius 3 is 1.11 bits per heavy atom. The molecule has 0 rings (SSSR count). The van der Waals surface area contributed by atoms with E-state index >= 15 is 0 Å². The van der Waals surface area contributed by atoms with E-state index in [9.17, 15) is 28.9 Å². The van der Waals surface area contributed by atoms with Gasteiger partial charge < -0.3 is 24.2 Å². The average Bonchev–Trinajstić information content (AvgIpc) is 3.41. The topological polar surface area (TPSA) is 155 Å². The maximum absolute atomic E-state index is 12.9. The van der Waals surface area contributed by atoms with Crippen molar-refractivity contribution >= 4 is 25.7 Å². The van der Waals surface area contributed by atoms with Crippen LogP contribution in [0.4, 0.5) is 0 Å². The predicted octanol–water partition coefficient (Wildman–Crippen LogP) is 18.7. The Balaban J connectivity index is 4.70. The van der Waals surface area contributed by atoms with Crippen LogP contribution in [0.1, 0.15) is 290 Å². The van der Waals surface area contributed by atoms with Gasteiger partial charge in [-0.1, -0.05) is 255 Å². The van der Waals surface area contributed by atoms with Crippen molar-refractivity contribution < 1.29 is 52.2 Å². The molecule has 442 valence electrons. The molecule has 0 saturated heterocycles. The fourth-order valence-corrected chi connectivity index (χ4v) is 9.47. The maximum atomic E-state index is 12.9. The summed E-state index contributed by atoms with van der Waals surface area (Å²) in [7, 11) is -4.75. The highest BCUT2D eigenvalue weighted by molar-refractivity contribution is 7.47. The van der Waals surface area contributed by atoms with Gasteiger partial charge in [-0.15, -0.1) is 0 Å². The third-order valence-electron chi connectivity index (χ3n) is 13.4. The van der Waals surface area contributed by atoms with Crippen LogP contribution in [-0.4, -0.2) is 66.5 Å². The molecular weight excluding hydrogens is 976 g/mol. The van der Waals surface area contributed by atoms with E-state index in [0.717, 1.165) is 122 Å². The number of esters is 3. The zero-order valence-electron chi connectivity index (χ0n) is 49.0. The second-order valence-corrected chi connectivity index (χ2v) is 22.3. The van der Waals surface area contributed by atoms with E-state index in [1.165, 1.54) is 109 Å². The number of hydrogen-bond acceptors (Lipinski definition) is 10. The summed E-state index contributed by atoms with van der Waals surface area (Å²) < 4.78 is 39.6. The first-order valence-electron chi connectivity index (χ1n) is 31.2. The molecule has 0 amide bonds. The van der Waals surface area contributed by atoms with Crippen LogP contribution in [0.5, 0.6) is 0 Å². The Labute approximate surface area is 465 Å². The summed E-state index contributed by atoms with van der Waals surface area (Å²) in [6.07, 6.45) is 64.7. The van der Waals surface area contributed by atoms with E-state index in [-0.39, 0.29) is 25.9 Å². The molecule has 0 aliphatic heterocycles. The normalized spacial score (nSPS) is 13.7. The molecule has 11 nitrogen and oxygen atoms in total. The molecule has 2 N–H and O–H groups in total. The van der Waals surface area contributed by atoms with Crippen molar-refractivity contribution in [1.29, 1.82) is 0 Å². The van der Waals surface area contributed by atoms with Gasteiger partial charge in [0.05, 0.1) is 19.8 Å². The number of carbonyl (C=O) groups is 3. The second kappa shape index (κ2) is 58.3. The highest BCUT2D eigenvalue weighted by Gasteiger charge is 2.28. The summed E-state index contributed by atoms with van der Waals surface area (Å²) in [6, 6.07) is 0. The quantitative estimate of drug-likeness (QED) is 0.0197. The molecule has 0 saturated carbocycles. The van der Waals surface area contributed by atoms with Gasteiger partial charge in [0.25, 0.3) is 0 Å². The molecule has 0 aliphatic rings. The van der Waals surface area contributed by atoms with Gasteiger partial charge in [-0.05, 0) is 77.0 Å². The number of aliphatic hydroxyl groups is 1. The summed E-state index contributed by atoms with van der Waals surface area (Å²) in [4.78, 5) is 48.6. The van der Waals surface area contributed by atoms with Gasteiger partial charge in [0.1, 0.15) is 12.7 Å². The fourth-order valence-electron chi connectivity index (χ4n) is 8.68. The summed E-state index contributed by atoms with van der Waals surface area (Å²) in [6.45, 7) is 4.51. The van der Waals surface area contributed by atoms with Gasteiger partial charge in [0.15, 0.2) is 6.10 Å². The number of allylic oxidation sites excluding steroid dienone is 10. The number of phosphoric acid groups is 1. The molecule has 0 aromatic carbocycles. The van der Waals surface area contributed by atoms with E-state index in [1.807, 2.05) is 0 Å². The Morgan fingerprint density at radius 1 is 0.382 bits per heavy atom. The van der Waals surface area contributed by atoms with Gasteiger partial charge in [-0.2, -0.15) is 0 Å². The summed E-state index contributed by atoms with van der Waals surface area (Å²) in [5.41, 5.74) is 0. The number of phosphoric ester groups is 1. The molecule has 12 heteroatoms. The minimum absolute atomic E-state index is 0.166. The molecule has 76 heavy (non-hydrogen) atoms. The molecule has 3 unspecified atom stereocenters. The third-order valence-corrected chi connectivity index (χ3v) is 14.4. The molecule has 0 aromatic rings. The maximum Gasteiger partial charge on any atom is 0.472 e. The van der Waals surface area contributed by atoms with Crippen molar-refractivity contribution in [3.05, 3.63) is 60.8 Å². The Hall–Kier alpha value is -2.82. The molecule has 0 aliphatic carbocycles. The zero-order chi connectivity index (χ0) is 55.5. The number of hydrogen-bond donors (Lipinski definition) is 2. The first-order chi connectivity index (χ1) is 37.2. The summed E-state index contributed by atoms with van der Waals surface area (Å²) in [5.74, 6) is -1.47. The highest BCUT2D eigenvalue weighted by atomic mass is 31.2. The first-order valence-corrected chi connectivity index (χ1v) is 32.7. The molecule has 0 aromatic heterocycles. The number of aliphatic hydroxyl groups excluding tert-OH is 1. The molecule has 0 heterocycles. The van der Waals surface area contributed by atoms with Crippen molar-refractivity contribution in [3.63, 3.8) is 0 Å². The lowest BCUT2D eigenvalue weighted by atomic mass is 10.0. The van der Waals surface area contributed by atoms with Gasteiger partial charge in [-0.25, -0.2) is 4.57 Å². The SMILES string of the molecule is CC/C=C\C/C=C\C/C=C\C/C=C\CCCCCCCCC(=O)OCC(COP(=O)(O)OCC(CO)OC(=O)CCCCCCC/C=C\CCCC)OC(=O)CCCCCCCCCCCCCCCCCCCCC. The van der Waals surface area contributed by atoms with Crippen LogP contribution in [0, 0.1) is 0 Å². The van der Waals surface area contributed by atoms with Crippen LogP contribution >= 0.6 is 7.82 Å². The van der Waals surface area contributed by atoms with Gasteiger partial charge in [0.2, 0.25) is 0 Å². The van der Waals surface area contributed by atoms with Crippen molar-refractivity contribution in [2.75, 3.05) is 26.4 Å². The van der Waals surface area contributed by atoms with Crippen molar-refractivity contribution in [1.82, 2.24) is 0 Å². The number of rotatable bonds is 58. The third kappa shape index (κ3) is 55.9. The van der Waals surface area contributed by atoms with Crippen molar-refractivity contribution in [2.24, 2.45) is 0 Å². The number of unbranched alkanes of at least 4 members (excludes halogenated alkanes) is 31. The molecule has 0 fully saturated rings. The molecule has 0 spiro atoms. The lowest BCUT2D eigenvalue weighted by molar-refractivity contribution is -0.161. The summed E-state index contributed by atoms with van der Waals surface area (Å²) >= 11 is 0. The Bertz CT molecular complexity index is 1510. The highest BCUT2D eigenvalue weighted by Crippen LogP contribution is 2.43. The molecule has 0 radical (unpaired) electrons. The van der Waals surface area contributed by atoms with Crippen LogP contribution in [0.15, 0.2) is 60.8 Å².